The minimum absolute atomic E-state index is 0.133. The number of esters is 1. The molecule has 24 heavy (non-hydrogen) atoms. The smallest absolute Gasteiger partial charge is 0.387 e. The number of rotatable bonds is 9. The third-order valence-corrected chi connectivity index (χ3v) is 3.19. The number of carbonyl (C=O) groups is 1. The molecule has 0 aromatic heterocycles. The van der Waals surface area contributed by atoms with Gasteiger partial charge in [-0.05, 0) is 18.9 Å². The molecule has 134 valence electrons. The molecule has 0 saturated heterocycles. The van der Waals surface area contributed by atoms with Crippen molar-refractivity contribution < 1.29 is 23.0 Å². The summed E-state index contributed by atoms with van der Waals surface area (Å²) < 4.78 is 33.8. The summed E-state index contributed by atoms with van der Waals surface area (Å²) in [5.74, 6) is 0.446. The number of nitrogens with one attached hydrogen (secondary N) is 2. The van der Waals surface area contributed by atoms with Crippen molar-refractivity contribution in [1.29, 1.82) is 0 Å². The van der Waals surface area contributed by atoms with Crippen molar-refractivity contribution in [3.05, 3.63) is 29.8 Å². The lowest BCUT2D eigenvalue weighted by molar-refractivity contribution is -0.140. The van der Waals surface area contributed by atoms with Gasteiger partial charge >= 0.3 is 12.6 Å². The zero-order valence-corrected chi connectivity index (χ0v) is 13.9. The Hall–Kier alpha value is -2.38. The predicted octanol–water partition coefficient (Wildman–Crippen LogP) is 2.30. The molecule has 2 N–H and O–H groups in total. The molecule has 0 aliphatic rings. The Kier molecular flexibility index (Phi) is 9.18. The molecular formula is C16H23F2N3O3. The monoisotopic (exact) mass is 343 g/mol. The molecule has 0 atom stereocenters. The minimum atomic E-state index is -2.86. The normalized spacial score (nSPS) is 11.3. The van der Waals surface area contributed by atoms with Crippen molar-refractivity contribution in [2.24, 2.45) is 4.99 Å². The number of nitrogens with zero attached hydrogens (tertiary/aromatic N) is 1. The first-order valence-electron chi connectivity index (χ1n) is 7.61. The van der Waals surface area contributed by atoms with Crippen LogP contribution in [0.5, 0.6) is 5.75 Å². The van der Waals surface area contributed by atoms with Crippen LogP contribution in [0, 0.1) is 0 Å². The van der Waals surface area contributed by atoms with E-state index in [2.05, 4.69) is 25.1 Å². The summed E-state index contributed by atoms with van der Waals surface area (Å²) in [5.41, 5.74) is 0.603. The van der Waals surface area contributed by atoms with Gasteiger partial charge < -0.3 is 20.1 Å². The predicted molar refractivity (Wildman–Crippen MR) is 87.1 cm³/mol. The lowest BCUT2D eigenvalue weighted by Gasteiger charge is -2.14. The van der Waals surface area contributed by atoms with Crippen LogP contribution in [0.2, 0.25) is 0 Å². The summed E-state index contributed by atoms with van der Waals surface area (Å²) in [6.45, 7) is -1.94. The molecule has 8 heteroatoms. The molecule has 0 aliphatic carbocycles. The third-order valence-electron chi connectivity index (χ3n) is 3.19. The average molecular weight is 343 g/mol. The molecule has 6 nitrogen and oxygen atoms in total. The molecule has 0 heterocycles. The van der Waals surface area contributed by atoms with Crippen LogP contribution in [0.15, 0.2) is 29.3 Å². The summed E-state index contributed by atoms with van der Waals surface area (Å²) in [6, 6.07) is 6.58. The Morgan fingerprint density at radius 1 is 1.25 bits per heavy atom. The van der Waals surface area contributed by atoms with Gasteiger partial charge in [-0.15, -0.1) is 0 Å². The van der Waals surface area contributed by atoms with Gasteiger partial charge in [-0.25, -0.2) is 0 Å². The number of carbonyl (C=O) groups excluding carboxylic acids is 1. The molecule has 0 unspecified atom stereocenters. The quantitative estimate of drug-likeness (QED) is 0.312. The molecule has 0 amide bonds. The van der Waals surface area contributed by atoms with Gasteiger partial charge in [-0.2, -0.15) is 8.78 Å². The van der Waals surface area contributed by atoms with Crippen molar-refractivity contribution >= 4 is 11.9 Å². The highest BCUT2D eigenvalue weighted by Gasteiger charge is 2.09. The van der Waals surface area contributed by atoms with E-state index in [1.165, 1.54) is 13.2 Å². The van der Waals surface area contributed by atoms with Crippen molar-refractivity contribution in [3.8, 4) is 5.75 Å². The van der Waals surface area contributed by atoms with Gasteiger partial charge in [0.1, 0.15) is 5.75 Å². The fourth-order valence-electron chi connectivity index (χ4n) is 1.96. The fraction of sp³-hybridized carbons (Fsp3) is 0.500. The standard InChI is InChI=1S/C16H23F2N3O3/c1-19-16(20-10-6-5-9-14(22)23-2)21-11-12-7-3-4-8-13(12)24-15(17)18/h3-4,7-8,15H,5-6,9-11H2,1-2H3,(H2,19,20,21). The fourth-order valence-corrected chi connectivity index (χ4v) is 1.96. The van der Waals surface area contributed by atoms with E-state index in [-0.39, 0.29) is 11.7 Å². The van der Waals surface area contributed by atoms with Gasteiger partial charge in [0.25, 0.3) is 0 Å². The van der Waals surface area contributed by atoms with Gasteiger partial charge in [0.15, 0.2) is 5.96 Å². The van der Waals surface area contributed by atoms with Gasteiger partial charge in [0, 0.05) is 32.1 Å². The van der Waals surface area contributed by atoms with Crippen LogP contribution >= 0.6 is 0 Å². The van der Waals surface area contributed by atoms with E-state index in [0.717, 1.165) is 6.42 Å². The Bertz CT molecular complexity index is 539. The van der Waals surface area contributed by atoms with Crippen LogP contribution < -0.4 is 15.4 Å². The first kappa shape index (κ1) is 19.7. The lowest BCUT2D eigenvalue weighted by atomic mass is 10.2. The van der Waals surface area contributed by atoms with Gasteiger partial charge in [0.05, 0.1) is 7.11 Å². The second kappa shape index (κ2) is 11.2. The van der Waals surface area contributed by atoms with Crippen LogP contribution in [0.4, 0.5) is 8.78 Å². The number of benzene rings is 1. The lowest BCUT2D eigenvalue weighted by Crippen LogP contribution is -2.37. The zero-order valence-electron chi connectivity index (χ0n) is 13.9. The molecule has 0 radical (unpaired) electrons. The molecule has 1 aromatic rings. The Morgan fingerprint density at radius 3 is 2.67 bits per heavy atom. The zero-order chi connectivity index (χ0) is 17.8. The van der Waals surface area contributed by atoms with E-state index in [1.807, 2.05) is 0 Å². The number of unbranched alkanes of at least 4 members (excludes halogenated alkanes) is 1. The second-order valence-corrected chi connectivity index (χ2v) is 4.87. The van der Waals surface area contributed by atoms with Crippen LogP contribution in [-0.4, -0.2) is 39.2 Å². The molecule has 0 spiro atoms. The summed E-state index contributed by atoms with van der Waals surface area (Å²) in [6.07, 6.45) is 1.87. The maximum atomic E-state index is 12.4. The summed E-state index contributed by atoms with van der Waals surface area (Å²) in [4.78, 5) is 15.0. The molecular weight excluding hydrogens is 320 g/mol. The van der Waals surface area contributed by atoms with E-state index in [1.54, 1.807) is 25.2 Å². The number of ether oxygens (including phenoxy) is 2. The number of hydrogen-bond acceptors (Lipinski definition) is 4. The van der Waals surface area contributed by atoms with Crippen molar-refractivity contribution in [2.75, 3.05) is 20.7 Å². The molecule has 0 aliphatic heterocycles. The van der Waals surface area contributed by atoms with Crippen molar-refractivity contribution in [2.45, 2.75) is 32.4 Å². The molecule has 0 saturated carbocycles. The van der Waals surface area contributed by atoms with Crippen LogP contribution in [0.3, 0.4) is 0 Å². The SMILES string of the molecule is CN=C(NCCCCC(=O)OC)NCc1ccccc1OC(F)F. The third kappa shape index (κ3) is 7.75. The molecule has 0 bridgehead atoms. The second-order valence-electron chi connectivity index (χ2n) is 4.87. The average Bonchev–Trinajstić information content (AvgIpc) is 2.57. The summed E-state index contributed by atoms with van der Waals surface area (Å²) >= 11 is 0. The van der Waals surface area contributed by atoms with E-state index in [4.69, 9.17) is 0 Å². The summed E-state index contributed by atoms with van der Waals surface area (Å²) in [5, 5.41) is 6.12. The minimum Gasteiger partial charge on any atom is -0.469 e. The van der Waals surface area contributed by atoms with Crippen molar-refractivity contribution in [3.63, 3.8) is 0 Å². The Labute approximate surface area is 140 Å². The number of alkyl halides is 2. The van der Waals surface area contributed by atoms with Crippen LogP contribution in [-0.2, 0) is 16.1 Å². The first-order valence-corrected chi connectivity index (χ1v) is 7.61. The highest BCUT2D eigenvalue weighted by atomic mass is 19.3. The maximum Gasteiger partial charge on any atom is 0.387 e. The summed E-state index contributed by atoms with van der Waals surface area (Å²) in [7, 11) is 2.98. The van der Waals surface area contributed by atoms with Gasteiger partial charge in [-0.1, -0.05) is 18.2 Å². The molecule has 1 rings (SSSR count). The van der Waals surface area contributed by atoms with Crippen LogP contribution in [0.1, 0.15) is 24.8 Å². The maximum absolute atomic E-state index is 12.4. The number of halogens is 2. The first-order chi connectivity index (χ1) is 11.6. The van der Waals surface area contributed by atoms with Crippen molar-refractivity contribution in [1.82, 2.24) is 10.6 Å². The number of aliphatic imine (C=N–C) groups is 1. The van der Waals surface area contributed by atoms with E-state index in [0.29, 0.717) is 37.5 Å². The van der Waals surface area contributed by atoms with Gasteiger partial charge in [-0.3, -0.25) is 9.79 Å². The highest BCUT2D eigenvalue weighted by molar-refractivity contribution is 5.79. The topological polar surface area (TPSA) is 72.0 Å². The van der Waals surface area contributed by atoms with E-state index in [9.17, 15) is 13.6 Å². The number of hydrogen-bond donors (Lipinski definition) is 2. The largest absolute Gasteiger partial charge is 0.469 e. The van der Waals surface area contributed by atoms with Crippen LogP contribution in [0.25, 0.3) is 0 Å². The number of para-hydroxylation sites is 1. The Morgan fingerprint density at radius 2 is 2.00 bits per heavy atom. The Balaban J connectivity index is 2.38. The number of methoxy groups -OCH3 is 1. The molecule has 1 aromatic carbocycles. The van der Waals surface area contributed by atoms with E-state index < -0.39 is 6.61 Å². The highest BCUT2D eigenvalue weighted by Crippen LogP contribution is 2.19. The number of guanidine groups is 1. The molecule has 0 fully saturated rings. The van der Waals surface area contributed by atoms with E-state index >= 15 is 0 Å². The van der Waals surface area contributed by atoms with Gasteiger partial charge in [0.2, 0.25) is 0 Å².